The highest BCUT2D eigenvalue weighted by Gasteiger charge is 2.50. The van der Waals surface area contributed by atoms with E-state index in [0.717, 1.165) is 0 Å². The van der Waals surface area contributed by atoms with Crippen LogP contribution in [0, 0.1) is 11.8 Å². The molecule has 2 aliphatic rings. The first-order valence-electron chi connectivity index (χ1n) is 8.34. The van der Waals surface area contributed by atoms with Gasteiger partial charge in [0.25, 0.3) is 0 Å². The number of carboxylic acids is 1. The maximum absolute atomic E-state index is 12.7. The highest BCUT2D eigenvalue weighted by atomic mass is 32.2. The summed E-state index contributed by atoms with van der Waals surface area (Å²) in [4.78, 5) is 36.1. The second-order valence-corrected chi connectivity index (χ2v) is 8.53. The van der Waals surface area contributed by atoms with Crippen LogP contribution in [0.3, 0.4) is 0 Å². The molecule has 0 spiro atoms. The van der Waals surface area contributed by atoms with E-state index in [4.69, 9.17) is 5.11 Å². The predicted molar refractivity (Wildman–Crippen MR) is 91.0 cm³/mol. The van der Waals surface area contributed by atoms with Gasteiger partial charge >= 0.3 is 5.97 Å². The van der Waals surface area contributed by atoms with Crippen LogP contribution in [0.4, 0.5) is 0 Å². The maximum atomic E-state index is 12.7. The summed E-state index contributed by atoms with van der Waals surface area (Å²) in [6.07, 6.45) is 0.356. The number of ketones is 1. The van der Waals surface area contributed by atoms with Gasteiger partial charge in [0.1, 0.15) is 0 Å². The van der Waals surface area contributed by atoms with Crippen LogP contribution in [0.2, 0.25) is 0 Å². The number of rotatable bonds is 5. The van der Waals surface area contributed by atoms with Crippen molar-refractivity contribution in [1.29, 1.82) is 0 Å². The number of nitrogens with zero attached hydrogens (tertiary/aromatic N) is 2. The Morgan fingerprint density at radius 2 is 1.58 bits per heavy atom. The van der Waals surface area contributed by atoms with Gasteiger partial charge in [-0.1, -0.05) is 12.1 Å². The van der Waals surface area contributed by atoms with Crippen molar-refractivity contribution in [1.82, 2.24) is 9.21 Å². The normalized spacial score (nSPS) is 23.5. The molecule has 2 fully saturated rings. The SMILES string of the molecule is CC(=O)c1ccc(S(=O)(=O)N2CCN(C(=O)C3CC3C(=O)O)CC2)cc1. The molecule has 1 N–H and O–H groups in total. The molecule has 8 nitrogen and oxygen atoms in total. The Balaban J connectivity index is 1.62. The van der Waals surface area contributed by atoms with Crippen molar-refractivity contribution < 1.29 is 27.9 Å². The van der Waals surface area contributed by atoms with Crippen molar-refractivity contribution in [2.45, 2.75) is 18.2 Å². The molecular formula is C17H20N2O6S. The minimum Gasteiger partial charge on any atom is -0.481 e. The molecule has 1 aromatic rings. The summed E-state index contributed by atoms with van der Waals surface area (Å²) >= 11 is 0. The largest absolute Gasteiger partial charge is 0.481 e. The van der Waals surface area contributed by atoms with Crippen LogP contribution < -0.4 is 0 Å². The number of benzene rings is 1. The Bertz CT molecular complexity index is 841. The molecule has 0 aromatic heterocycles. The average molecular weight is 380 g/mol. The molecule has 0 radical (unpaired) electrons. The smallest absolute Gasteiger partial charge is 0.307 e. The topological polar surface area (TPSA) is 112 Å². The zero-order valence-electron chi connectivity index (χ0n) is 14.3. The minimum atomic E-state index is -3.69. The van der Waals surface area contributed by atoms with Gasteiger partial charge in [-0.2, -0.15) is 4.31 Å². The summed E-state index contributed by atoms with van der Waals surface area (Å²) in [6, 6.07) is 5.78. The van der Waals surface area contributed by atoms with Crippen molar-refractivity contribution >= 4 is 27.7 Å². The molecule has 2 atom stereocenters. The summed E-state index contributed by atoms with van der Waals surface area (Å²) in [5.74, 6) is -2.39. The number of aliphatic carboxylic acids is 1. The second-order valence-electron chi connectivity index (χ2n) is 6.60. The molecule has 3 rings (SSSR count). The summed E-state index contributed by atoms with van der Waals surface area (Å²) in [5.41, 5.74) is 0.441. The zero-order chi connectivity index (χ0) is 19.1. The number of amides is 1. The molecule has 1 saturated heterocycles. The summed E-state index contributed by atoms with van der Waals surface area (Å²) < 4.78 is 26.7. The second kappa shape index (κ2) is 6.81. The van der Waals surface area contributed by atoms with Crippen molar-refractivity contribution in [3.8, 4) is 0 Å². The molecule has 1 aliphatic carbocycles. The first-order valence-corrected chi connectivity index (χ1v) is 9.78. The molecule has 26 heavy (non-hydrogen) atoms. The van der Waals surface area contributed by atoms with Gasteiger partial charge in [0.15, 0.2) is 5.78 Å². The van der Waals surface area contributed by atoms with Crippen LogP contribution in [0.25, 0.3) is 0 Å². The number of carboxylic acid groups (broad SMARTS) is 1. The summed E-state index contributed by atoms with van der Waals surface area (Å²) in [7, 11) is -3.69. The highest BCUT2D eigenvalue weighted by molar-refractivity contribution is 7.89. The van der Waals surface area contributed by atoms with Crippen LogP contribution in [0.5, 0.6) is 0 Å². The standard InChI is InChI=1S/C17H20N2O6S/c1-11(20)12-2-4-13(5-3-12)26(24,25)19-8-6-18(7-9-19)16(21)14-10-15(14)17(22)23/h2-5,14-15H,6-10H2,1H3,(H,22,23). The lowest BCUT2D eigenvalue weighted by atomic mass is 10.2. The van der Waals surface area contributed by atoms with E-state index in [-0.39, 0.29) is 42.8 Å². The fourth-order valence-electron chi connectivity index (χ4n) is 3.13. The lowest BCUT2D eigenvalue weighted by Gasteiger charge is -2.34. The third-order valence-electron chi connectivity index (χ3n) is 4.87. The number of carbonyl (C=O) groups is 3. The van der Waals surface area contributed by atoms with Gasteiger partial charge in [0.2, 0.25) is 15.9 Å². The quantitative estimate of drug-likeness (QED) is 0.742. The fourth-order valence-corrected chi connectivity index (χ4v) is 4.56. The van der Waals surface area contributed by atoms with Gasteiger partial charge in [-0.25, -0.2) is 8.42 Å². The van der Waals surface area contributed by atoms with Gasteiger partial charge in [-0.15, -0.1) is 0 Å². The average Bonchev–Trinajstić information content (AvgIpc) is 3.42. The Morgan fingerprint density at radius 3 is 2.04 bits per heavy atom. The third kappa shape index (κ3) is 3.49. The monoisotopic (exact) mass is 380 g/mol. The fraction of sp³-hybridized carbons (Fsp3) is 0.471. The number of hydrogen-bond acceptors (Lipinski definition) is 5. The number of sulfonamides is 1. The number of hydrogen-bond donors (Lipinski definition) is 1. The molecule has 9 heteroatoms. The van der Waals surface area contributed by atoms with Gasteiger partial charge < -0.3 is 10.0 Å². The van der Waals surface area contributed by atoms with E-state index in [9.17, 15) is 22.8 Å². The summed E-state index contributed by atoms with van der Waals surface area (Å²) in [5, 5.41) is 8.92. The van der Waals surface area contributed by atoms with E-state index < -0.39 is 27.8 Å². The maximum Gasteiger partial charge on any atom is 0.307 e. The third-order valence-corrected chi connectivity index (χ3v) is 6.79. The molecule has 1 aliphatic heterocycles. The van der Waals surface area contributed by atoms with Crippen molar-refractivity contribution in [2.75, 3.05) is 26.2 Å². The minimum absolute atomic E-state index is 0.107. The molecule has 140 valence electrons. The van der Waals surface area contributed by atoms with Crippen LogP contribution in [-0.2, 0) is 19.6 Å². The highest BCUT2D eigenvalue weighted by Crippen LogP contribution is 2.40. The van der Waals surface area contributed by atoms with Crippen LogP contribution >= 0.6 is 0 Å². The molecule has 0 bridgehead atoms. The van der Waals surface area contributed by atoms with E-state index in [1.54, 1.807) is 4.90 Å². The Morgan fingerprint density at radius 1 is 1.00 bits per heavy atom. The van der Waals surface area contributed by atoms with Gasteiger partial charge in [-0.05, 0) is 25.5 Å². The Kier molecular flexibility index (Phi) is 4.85. The van der Waals surface area contributed by atoms with Crippen LogP contribution in [0.15, 0.2) is 29.2 Å². The van der Waals surface area contributed by atoms with Crippen LogP contribution in [-0.4, -0.2) is 66.6 Å². The van der Waals surface area contributed by atoms with Gasteiger partial charge in [0.05, 0.1) is 16.7 Å². The molecule has 2 unspecified atom stereocenters. The van der Waals surface area contributed by atoms with Crippen molar-refractivity contribution in [3.63, 3.8) is 0 Å². The Labute approximate surface area is 151 Å². The van der Waals surface area contributed by atoms with Gasteiger partial charge in [0, 0.05) is 31.7 Å². The molecule has 1 aromatic carbocycles. The molecule has 1 heterocycles. The molecule has 1 amide bonds. The summed E-state index contributed by atoms with van der Waals surface area (Å²) in [6.45, 7) is 2.22. The zero-order valence-corrected chi connectivity index (χ0v) is 15.1. The van der Waals surface area contributed by atoms with Gasteiger partial charge in [-0.3, -0.25) is 14.4 Å². The first kappa shape index (κ1) is 18.5. The van der Waals surface area contributed by atoms with E-state index in [1.807, 2.05) is 0 Å². The molecule has 1 saturated carbocycles. The number of carbonyl (C=O) groups excluding carboxylic acids is 2. The van der Waals surface area contributed by atoms with E-state index in [1.165, 1.54) is 35.5 Å². The lowest BCUT2D eigenvalue weighted by Crippen LogP contribution is -2.51. The van der Waals surface area contributed by atoms with Crippen molar-refractivity contribution in [3.05, 3.63) is 29.8 Å². The predicted octanol–water partition coefficient (Wildman–Crippen LogP) is 0.443. The Hall–Kier alpha value is -2.26. The van der Waals surface area contributed by atoms with Crippen molar-refractivity contribution in [2.24, 2.45) is 11.8 Å². The van der Waals surface area contributed by atoms with E-state index in [2.05, 4.69) is 0 Å². The number of piperazine rings is 1. The lowest BCUT2D eigenvalue weighted by molar-refractivity contribution is -0.142. The van der Waals surface area contributed by atoms with E-state index >= 15 is 0 Å². The first-order chi connectivity index (χ1) is 12.2. The number of Topliss-reactive ketones (excluding diaryl/α,β-unsaturated/α-hetero) is 1. The van der Waals surface area contributed by atoms with Crippen LogP contribution in [0.1, 0.15) is 23.7 Å². The van der Waals surface area contributed by atoms with E-state index in [0.29, 0.717) is 12.0 Å². The molecular weight excluding hydrogens is 360 g/mol.